The largest absolute Gasteiger partial charge is 0.485 e. The minimum atomic E-state index is 0.502. The van der Waals surface area contributed by atoms with E-state index in [0.717, 1.165) is 41.3 Å². The molecule has 3 aromatic rings. The average Bonchev–Trinajstić information content (AvgIpc) is 2.73. The van der Waals surface area contributed by atoms with E-state index in [4.69, 9.17) is 15.2 Å². The van der Waals surface area contributed by atoms with Crippen molar-refractivity contribution in [1.82, 2.24) is 5.32 Å². The van der Waals surface area contributed by atoms with Crippen molar-refractivity contribution in [2.45, 2.75) is 19.8 Å². The molecule has 3 N–H and O–H groups in total. The molecule has 27 heavy (non-hydrogen) atoms. The molecule has 3 aromatic carbocycles. The maximum absolute atomic E-state index is 6.08. The Morgan fingerprint density at radius 1 is 0.667 bits per heavy atom. The Bertz CT molecular complexity index is 807. The highest BCUT2D eigenvalue weighted by Gasteiger charge is 2.08. The monoisotopic (exact) mass is 362 g/mol. The molecule has 140 valence electrons. The number of nitrogens with two attached hydrogens (primary N) is 1. The Balaban J connectivity index is 1.71. The van der Waals surface area contributed by atoms with Gasteiger partial charge in [-0.25, -0.2) is 0 Å². The first-order valence-electron chi connectivity index (χ1n) is 9.22. The van der Waals surface area contributed by atoms with Crippen LogP contribution in [0.3, 0.4) is 0 Å². The molecule has 0 saturated carbocycles. The van der Waals surface area contributed by atoms with E-state index in [-0.39, 0.29) is 0 Å². The zero-order valence-electron chi connectivity index (χ0n) is 15.4. The normalized spacial score (nSPS) is 10.6. The molecule has 0 aliphatic heterocycles. The van der Waals surface area contributed by atoms with Crippen LogP contribution in [0, 0.1) is 0 Å². The standard InChI is InChI=1S/C23H26N2O2/c24-13-14-25-16-21-11-12-22(26-17-19-7-3-1-4-8-19)23(15-21)27-18-20-9-5-2-6-10-20/h1-12,15,25H,13-14,16-18,24H2. The van der Waals surface area contributed by atoms with Gasteiger partial charge in [0.2, 0.25) is 0 Å². The van der Waals surface area contributed by atoms with Crippen LogP contribution >= 0.6 is 0 Å². The van der Waals surface area contributed by atoms with Gasteiger partial charge in [0.05, 0.1) is 0 Å². The lowest BCUT2D eigenvalue weighted by atomic mass is 10.2. The lowest BCUT2D eigenvalue weighted by molar-refractivity contribution is 0.255. The molecule has 4 nitrogen and oxygen atoms in total. The highest BCUT2D eigenvalue weighted by atomic mass is 16.5. The van der Waals surface area contributed by atoms with Gasteiger partial charge in [-0.2, -0.15) is 0 Å². The lowest BCUT2D eigenvalue weighted by Gasteiger charge is -2.15. The molecular weight excluding hydrogens is 336 g/mol. The van der Waals surface area contributed by atoms with E-state index in [9.17, 15) is 0 Å². The number of ether oxygens (including phenoxy) is 2. The summed E-state index contributed by atoms with van der Waals surface area (Å²) < 4.78 is 12.1. The molecule has 4 heteroatoms. The van der Waals surface area contributed by atoms with Gasteiger partial charge in [-0.15, -0.1) is 0 Å². The third kappa shape index (κ3) is 6.13. The first kappa shape index (κ1) is 19.0. The van der Waals surface area contributed by atoms with E-state index in [1.807, 2.05) is 48.5 Å². The summed E-state index contributed by atoms with van der Waals surface area (Å²) in [4.78, 5) is 0. The van der Waals surface area contributed by atoms with Gasteiger partial charge in [-0.1, -0.05) is 66.7 Å². The molecule has 0 aromatic heterocycles. The quantitative estimate of drug-likeness (QED) is 0.537. The number of hydrogen-bond acceptors (Lipinski definition) is 4. The molecule has 0 spiro atoms. The van der Waals surface area contributed by atoms with Crippen molar-refractivity contribution in [3.05, 3.63) is 95.6 Å². The van der Waals surface area contributed by atoms with Gasteiger partial charge < -0.3 is 20.5 Å². The second-order valence-corrected chi connectivity index (χ2v) is 6.30. The number of benzene rings is 3. The van der Waals surface area contributed by atoms with E-state index in [1.54, 1.807) is 0 Å². The summed E-state index contributed by atoms with van der Waals surface area (Å²) in [6.07, 6.45) is 0. The van der Waals surface area contributed by atoms with Gasteiger partial charge in [0, 0.05) is 19.6 Å². The van der Waals surface area contributed by atoms with E-state index in [0.29, 0.717) is 19.8 Å². The van der Waals surface area contributed by atoms with Crippen molar-refractivity contribution < 1.29 is 9.47 Å². The third-order valence-electron chi connectivity index (χ3n) is 4.13. The summed E-state index contributed by atoms with van der Waals surface area (Å²) in [6, 6.07) is 26.3. The van der Waals surface area contributed by atoms with Gasteiger partial charge >= 0.3 is 0 Å². The van der Waals surface area contributed by atoms with E-state index >= 15 is 0 Å². The Morgan fingerprint density at radius 3 is 1.85 bits per heavy atom. The highest BCUT2D eigenvalue weighted by Crippen LogP contribution is 2.30. The van der Waals surface area contributed by atoms with Crippen molar-refractivity contribution in [3.63, 3.8) is 0 Å². The summed E-state index contributed by atoms with van der Waals surface area (Å²) >= 11 is 0. The molecule has 0 aliphatic carbocycles. The minimum Gasteiger partial charge on any atom is -0.485 e. The predicted molar refractivity (Wildman–Crippen MR) is 109 cm³/mol. The number of nitrogens with one attached hydrogen (secondary N) is 1. The molecule has 0 fully saturated rings. The van der Waals surface area contributed by atoms with Gasteiger partial charge in [0.15, 0.2) is 11.5 Å². The Morgan fingerprint density at radius 2 is 1.26 bits per heavy atom. The topological polar surface area (TPSA) is 56.5 Å². The Labute approximate surface area is 160 Å². The molecule has 0 atom stereocenters. The van der Waals surface area contributed by atoms with Crippen LogP contribution in [0.1, 0.15) is 16.7 Å². The van der Waals surface area contributed by atoms with Gasteiger partial charge in [-0.3, -0.25) is 0 Å². The fourth-order valence-corrected chi connectivity index (χ4v) is 2.70. The number of rotatable bonds is 10. The SMILES string of the molecule is NCCNCc1ccc(OCc2ccccc2)c(OCc2ccccc2)c1. The zero-order chi connectivity index (χ0) is 18.7. The summed E-state index contributed by atoms with van der Waals surface area (Å²) in [7, 11) is 0. The smallest absolute Gasteiger partial charge is 0.162 e. The van der Waals surface area contributed by atoms with Crippen LogP contribution in [0.5, 0.6) is 11.5 Å². The first-order chi connectivity index (χ1) is 13.3. The van der Waals surface area contributed by atoms with Crippen molar-refractivity contribution in [1.29, 1.82) is 0 Å². The molecule has 0 radical (unpaired) electrons. The molecule has 0 unspecified atom stereocenters. The van der Waals surface area contributed by atoms with Crippen LogP contribution < -0.4 is 20.5 Å². The summed E-state index contributed by atoms with van der Waals surface area (Å²) in [6.45, 7) is 3.16. The minimum absolute atomic E-state index is 0.502. The fourth-order valence-electron chi connectivity index (χ4n) is 2.70. The van der Waals surface area contributed by atoms with Crippen LogP contribution in [0.25, 0.3) is 0 Å². The van der Waals surface area contributed by atoms with Gasteiger partial charge in [-0.05, 0) is 28.8 Å². The average molecular weight is 362 g/mol. The van der Waals surface area contributed by atoms with Crippen molar-refractivity contribution in [3.8, 4) is 11.5 Å². The zero-order valence-corrected chi connectivity index (χ0v) is 15.4. The predicted octanol–water partition coefficient (Wildman–Crippen LogP) is 3.89. The van der Waals surface area contributed by atoms with Crippen LogP contribution in [0.2, 0.25) is 0 Å². The van der Waals surface area contributed by atoms with Crippen LogP contribution in [-0.4, -0.2) is 13.1 Å². The summed E-state index contributed by atoms with van der Waals surface area (Å²) in [5.74, 6) is 1.50. The molecule has 3 rings (SSSR count). The van der Waals surface area contributed by atoms with Crippen LogP contribution in [0.15, 0.2) is 78.9 Å². The molecule has 0 amide bonds. The second kappa shape index (κ2) is 10.4. The number of hydrogen-bond donors (Lipinski definition) is 2. The molecule has 0 saturated heterocycles. The van der Waals surface area contributed by atoms with E-state index in [2.05, 4.69) is 35.6 Å². The van der Waals surface area contributed by atoms with E-state index in [1.165, 1.54) is 0 Å². The Hall–Kier alpha value is -2.82. The Kier molecular flexibility index (Phi) is 7.27. The lowest BCUT2D eigenvalue weighted by Crippen LogP contribution is -2.21. The molecule has 0 bridgehead atoms. The van der Waals surface area contributed by atoms with Crippen molar-refractivity contribution in [2.75, 3.05) is 13.1 Å². The molecular formula is C23H26N2O2. The highest BCUT2D eigenvalue weighted by molar-refractivity contribution is 5.43. The maximum atomic E-state index is 6.08. The summed E-state index contributed by atoms with van der Waals surface area (Å²) in [5, 5.41) is 3.31. The van der Waals surface area contributed by atoms with E-state index < -0.39 is 0 Å². The van der Waals surface area contributed by atoms with Crippen LogP contribution in [0.4, 0.5) is 0 Å². The second-order valence-electron chi connectivity index (χ2n) is 6.30. The van der Waals surface area contributed by atoms with Crippen LogP contribution in [-0.2, 0) is 19.8 Å². The van der Waals surface area contributed by atoms with Crippen molar-refractivity contribution in [2.24, 2.45) is 5.73 Å². The fraction of sp³-hybridized carbons (Fsp3) is 0.217. The first-order valence-corrected chi connectivity index (χ1v) is 9.22. The third-order valence-corrected chi connectivity index (χ3v) is 4.13. The summed E-state index contributed by atoms with van der Waals surface area (Å²) in [5.41, 5.74) is 8.93. The molecule has 0 aliphatic rings. The maximum Gasteiger partial charge on any atom is 0.162 e. The van der Waals surface area contributed by atoms with Gasteiger partial charge in [0.1, 0.15) is 13.2 Å². The van der Waals surface area contributed by atoms with Crippen molar-refractivity contribution >= 4 is 0 Å². The molecule has 0 heterocycles. The van der Waals surface area contributed by atoms with Gasteiger partial charge in [0.25, 0.3) is 0 Å².